The smallest absolute Gasteiger partial charge is 0.464 e. The predicted molar refractivity (Wildman–Crippen MR) is 35.9 cm³/mol. The summed E-state index contributed by atoms with van der Waals surface area (Å²) in [5.74, 6) is -0.648. The quantitative estimate of drug-likeness (QED) is 0.306. The van der Waals surface area contributed by atoms with Gasteiger partial charge in [-0.3, -0.25) is 0 Å². The van der Waals surface area contributed by atoms with Gasteiger partial charge in [0, 0.05) is 0 Å². The van der Waals surface area contributed by atoms with E-state index in [1.165, 1.54) is 7.11 Å². The SMILES string of the molecule is COC(=O)C1=NC=NC1=[N+]=N. The monoisotopic (exact) mass is 153 g/mol. The maximum Gasteiger partial charge on any atom is 0.480 e. The summed E-state index contributed by atoms with van der Waals surface area (Å²) in [6, 6.07) is 0. The third-order valence-corrected chi connectivity index (χ3v) is 1.06. The second kappa shape index (κ2) is 2.85. The summed E-state index contributed by atoms with van der Waals surface area (Å²) < 4.78 is 4.35. The molecule has 6 heteroatoms. The van der Waals surface area contributed by atoms with Crippen LogP contribution in [-0.4, -0.2) is 35.8 Å². The van der Waals surface area contributed by atoms with Crippen LogP contribution in [0.4, 0.5) is 0 Å². The molecule has 1 N–H and O–H groups in total. The molecule has 0 fully saturated rings. The number of amidine groups is 1. The normalized spacial score (nSPS) is 14.3. The largest absolute Gasteiger partial charge is 0.480 e. The highest BCUT2D eigenvalue weighted by Crippen LogP contribution is 1.93. The molecule has 0 saturated heterocycles. The van der Waals surface area contributed by atoms with E-state index >= 15 is 0 Å². The van der Waals surface area contributed by atoms with Crippen molar-refractivity contribution in [1.82, 2.24) is 0 Å². The molecule has 0 aliphatic carbocycles. The van der Waals surface area contributed by atoms with Crippen molar-refractivity contribution in [2.75, 3.05) is 7.11 Å². The number of carbonyl (C=O) groups excluding carboxylic acids is 1. The summed E-state index contributed by atoms with van der Waals surface area (Å²) in [5.41, 5.74) is 6.56. The summed E-state index contributed by atoms with van der Waals surface area (Å²) in [7, 11) is 1.23. The molecule has 0 aromatic rings. The molecule has 1 aliphatic heterocycles. The lowest BCUT2D eigenvalue weighted by atomic mass is 10.3. The minimum Gasteiger partial charge on any atom is -0.464 e. The van der Waals surface area contributed by atoms with E-state index in [2.05, 4.69) is 19.5 Å². The van der Waals surface area contributed by atoms with E-state index in [4.69, 9.17) is 5.53 Å². The van der Waals surface area contributed by atoms with Crippen molar-refractivity contribution in [2.45, 2.75) is 0 Å². The lowest BCUT2D eigenvalue weighted by Crippen LogP contribution is -2.22. The number of aliphatic imine (C=N–C) groups is 2. The number of nitrogens with zero attached hydrogens (tertiary/aromatic N) is 3. The minimum absolute atomic E-state index is 0.0168. The van der Waals surface area contributed by atoms with Gasteiger partial charge in [-0.05, 0) is 10.5 Å². The van der Waals surface area contributed by atoms with Crippen molar-refractivity contribution < 1.29 is 14.3 Å². The van der Waals surface area contributed by atoms with Gasteiger partial charge in [0.25, 0.3) is 5.71 Å². The summed E-state index contributed by atoms with van der Waals surface area (Å²) in [6.45, 7) is 0. The van der Waals surface area contributed by atoms with Crippen LogP contribution >= 0.6 is 0 Å². The fourth-order valence-electron chi connectivity index (χ4n) is 0.583. The van der Waals surface area contributed by atoms with Gasteiger partial charge in [0.15, 0.2) is 0 Å². The third kappa shape index (κ3) is 1.20. The highest BCUT2D eigenvalue weighted by atomic mass is 16.5. The fraction of sp³-hybridized carbons (Fsp3) is 0.200. The standard InChI is InChI=1S/C5H5N4O2/c1-11-5(10)3-4(9-6)8-2-7-3/h2,6H,1H3/q+1. The molecule has 0 aromatic carbocycles. The van der Waals surface area contributed by atoms with Gasteiger partial charge in [0.2, 0.25) is 6.34 Å². The summed E-state index contributed by atoms with van der Waals surface area (Å²) in [4.78, 5) is 20.9. The minimum atomic E-state index is -0.631. The van der Waals surface area contributed by atoms with Crippen LogP contribution in [-0.2, 0) is 9.53 Å². The number of esters is 1. The third-order valence-electron chi connectivity index (χ3n) is 1.06. The van der Waals surface area contributed by atoms with E-state index in [0.717, 1.165) is 6.34 Å². The zero-order valence-electron chi connectivity index (χ0n) is 5.74. The molecule has 0 unspecified atom stereocenters. The Balaban J connectivity index is 2.93. The van der Waals surface area contributed by atoms with Crippen molar-refractivity contribution in [3.63, 3.8) is 0 Å². The highest BCUT2D eigenvalue weighted by Gasteiger charge is 2.31. The topological polar surface area (TPSA) is 89.0 Å². The number of hydrogen-bond donors (Lipinski definition) is 1. The van der Waals surface area contributed by atoms with Crippen molar-refractivity contribution in [3.8, 4) is 0 Å². The van der Waals surface area contributed by atoms with Gasteiger partial charge < -0.3 is 4.74 Å². The number of rotatable bonds is 1. The molecular formula is C5H5N4O2+. The second-order valence-corrected chi connectivity index (χ2v) is 1.65. The average molecular weight is 153 g/mol. The van der Waals surface area contributed by atoms with E-state index in [-0.39, 0.29) is 11.5 Å². The molecule has 0 spiro atoms. The second-order valence-electron chi connectivity index (χ2n) is 1.65. The Morgan fingerprint density at radius 3 is 3.09 bits per heavy atom. The molecular weight excluding hydrogens is 148 g/mol. The number of nitrogens with one attached hydrogen (secondary N) is 1. The summed E-state index contributed by atoms with van der Waals surface area (Å²) in [6.07, 6.45) is 1.15. The van der Waals surface area contributed by atoms with Gasteiger partial charge in [-0.25, -0.2) is 4.79 Å². The van der Waals surface area contributed by atoms with E-state index in [0.29, 0.717) is 0 Å². The molecule has 11 heavy (non-hydrogen) atoms. The molecule has 6 nitrogen and oxygen atoms in total. The Morgan fingerprint density at radius 1 is 1.82 bits per heavy atom. The van der Waals surface area contributed by atoms with Crippen LogP contribution in [0.25, 0.3) is 0 Å². The molecule has 56 valence electrons. The molecule has 0 atom stereocenters. The van der Waals surface area contributed by atoms with Crippen LogP contribution in [0.2, 0.25) is 0 Å². The Hall–Kier alpha value is -1.81. The Kier molecular flexibility index (Phi) is 1.89. The first-order valence-corrected chi connectivity index (χ1v) is 2.73. The van der Waals surface area contributed by atoms with Crippen LogP contribution in [0.3, 0.4) is 0 Å². The zero-order chi connectivity index (χ0) is 8.27. The summed E-state index contributed by atoms with van der Waals surface area (Å²) >= 11 is 0. The summed E-state index contributed by atoms with van der Waals surface area (Å²) in [5, 5.41) is 0. The number of carbonyl (C=O) groups is 1. The van der Waals surface area contributed by atoms with Crippen LogP contribution < -0.4 is 0 Å². The predicted octanol–water partition coefficient (Wildman–Crippen LogP) is -0.720. The van der Waals surface area contributed by atoms with Crippen LogP contribution in [0.1, 0.15) is 0 Å². The van der Waals surface area contributed by atoms with Gasteiger partial charge in [-0.2, -0.15) is 4.99 Å². The van der Waals surface area contributed by atoms with E-state index in [1.807, 2.05) is 0 Å². The Labute approximate surface area is 61.8 Å². The first-order chi connectivity index (χ1) is 5.29. The first-order valence-electron chi connectivity index (χ1n) is 2.73. The number of ether oxygens (including phenoxy) is 1. The molecule has 0 radical (unpaired) electrons. The maximum atomic E-state index is 10.8. The zero-order valence-corrected chi connectivity index (χ0v) is 5.74. The Morgan fingerprint density at radius 2 is 2.55 bits per heavy atom. The van der Waals surface area contributed by atoms with E-state index < -0.39 is 5.97 Å². The molecule has 0 bridgehead atoms. The van der Waals surface area contributed by atoms with Gasteiger partial charge >= 0.3 is 11.8 Å². The van der Waals surface area contributed by atoms with Crippen molar-refractivity contribution >= 4 is 23.9 Å². The molecule has 1 rings (SSSR count). The molecule has 0 amide bonds. The molecule has 1 heterocycles. The van der Waals surface area contributed by atoms with Crippen LogP contribution in [0.15, 0.2) is 9.98 Å². The van der Waals surface area contributed by atoms with Gasteiger partial charge in [0.1, 0.15) is 0 Å². The molecule has 1 aliphatic rings. The van der Waals surface area contributed by atoms with E-state index in [1.54, 1.807) is 0 Å². The van der Waals surface area contributed by atoms with Crippen molar-refractivity contribution in [2.24, 2.45) is 9.98 Å². The fourth-order valence-corrected chi connectivity index (χ4v) is 0.583. The number of methoxy groups -OCH3 is 1. The van der Waals surface area contributed by atoms with Gasteiger partial charge in [0.05, 0.1) is 7.11 Å². The highest BCUT2D eigenvalue weighted by molar-refractivity contribution is 6.66. The van der Waals surface area contributed by atoms with Crippen LogP contribution in [0, 0.1) is 5.53 Å². The lowest BCUT2D eigenvalue weighted by Gasteiger charge is -1.89. The van der Waals surface area contributed by atoms with E-state index in [9.17, 15) is 4.79 Å². The molecule has 0 aromatic heterocycles. The van der Waals surface area contributed by atoms with Crippen LogP contribution in [0.5, 0.6) is 0 Å². The lowest BCUT2D eigenvalue weighted by molar-refractivity contribution is -0.133. The average Bonchev–Trinajstić information content (AvgIpc) is 2.50. The Bertz CT molecular complexity index is 298. The van der Waals surface area contributed by atoms with Gasteiger partial charge in [-0.15, -0.1) is 0 Å². The number of hydrogen-bond acceptors (Lipinski definition) is 4. The van der Waals surface area contributed by atoms with Crippen molar-refractivity contribution in [1.29, 1.82) is 5.53 Å². The first kappa shape index (κ1) is 7.30. The molecule has 0 saturated carbocycles. The maximum absolute atomic E-state index is 10.8. The van der Waals surface area contributed by atoms with Gasteiger partial charge in [-0.1, -0.05) is 4.79 Å². The van der Waals surface area contributed by atoms with Crippen molar-refractivity contribution in [3.05, 3.63) is 0 Å².